The van der Waals surface area contributed by atoms with Gasteiger partial charge >= 0.3 is 0 Å². The van der Waals surface area contributed by atoms with E-state index < -0.39 is 0 Å². The van der Waals surface area contributed by atoms with Crippen LogP contribution >= 0.6 is 0 Å². The summed E-state index contributed by atoms with van der Waals surface area (Å²) < 4.78 is 10.3. The number of aromatic nitrogens is 1. The zero-order valence-corrected chi connectivity index (χ0v) is 14.3. The smallest absolute Gasteiger partial charge is 0.287 e. The van der Waals surface area contributed by atoms with E-state index in [4.69, 9.17) is 9.47 Å². The molecule has 0 aliphatic carbocycles. The first-order valence-electron chi connectivity index (χ1n) is 7.76. The van der Waals surface area contributed by atoms with Gasteiger partial charge in [0.05, 0.1) is 19.9 Å². The molecule has 0 radical (unpaired) electrons. The van der Waals surface area contributed by atoms with Gasteiger partial charge in [0.15, 0.2) is 0 Å². The van der Waals surface area contributed by atoms with Crippen molar-refractivity contribution in [3.05, 3.63) is 59.8 Å². The highest BCUT2D eigenvalue weighted by Gasteiger charge is 2.10. The molecule has 1 aromatic heterocycles. The first-order chi connectivity index (χ1) is 12.1. The van der Waals surface area contributed by atoms with Crippen LogP contribution in [0.5, 0.6) is 11.5 Å². The molecule has 25 heavy (non-hydrogen) atoms. The molecule has 0 saturated carbocycles. The molecule has 0 unspecified atom stereocenters. The number of aromatic amines is 1. The number of nitrogens with zero attached hydrogens (tertiary/aromatic N) is 1. The zero-order valence-electron chi connectivity index (χ0n) is 14.3. The summed E-state index contributed by atoms with van der Waals surface area (Å²) in [5.74, 6) is 1.21. The normalized spacial score (nSPS) is 11.4. The van der Waals surface area contributed by atoms with E-state index in [1.165, 1.54) is 0 Å². The van der Waals surface area contributed by atoms with Crippen LogP contribution in [0.4, 0.5) is 0 Å². The minimum Gasteiger partial charge on any atom is -0.497 e. The van der Waals surface area contributed by atoms with E-state index >= 15 is 0 Å². The minimum atomic E-state index is -0.303. The van der Waals surface area contributed by atoms with Crippen molar-refractivity contribution in [2.45, 2.75) is 6.92 Å². The summed E-state index contributed by atoms with van der Waals surface area (Å²) in [6, 6.07) is 14.8. The Balaban J connectivity index is 1.74. The fraction of sp³-hybridized carbons (Fsp3) is 0.158. The van der Waals surface area contributed by atoms with Crippen molar-refractivity contribution in [1.29, 1.82) is 0 Å². The van der Waals surface area contributed by atoms with Gasteiger partial charge in [0.2, 0.25) is 0 Å². The van der Waals surface area contributed by atoms with Crippen LogP contribution in [0.3, 0.4) is 0 Å². The molecule has 0 fully saturated rings. The van der Waals surface area contributed by atoms with Gasteiger partial charge in [-0.2, -0.15) is 5.10 Å². The van der Waals surface area contributed by atoms with E-state index in [1.54, 1.807) is 20.3 Å². The molecule has 6 heteroatoms. The maximum atomic E-state index is 12.3. The van der Waals surface area contributed by atoms with Crippen LogP contribution in [0.2, 0.25) is 0 Å². The summed E-state index contributed by atoms with van der Waals surface area (Å²) in [5, 5.41) is 5.06. The summed E-state index contributed by atoms with van der Waals surface area (Å²) in [4.78, 5) is 15.4. The van der Waals surface area contributed by atoms with Crippen molar-refractivity contribution < 1.29 is 14.3 Å². The summed E-state index contributed by atoms with van der Waals surface area (Å²) in [5.41, 5.74) is 5.48. The largest absolute Gasteiger partial charge is 0.497 e. The molecule has 128 valence electrons. The highest BCUT2D eigenvalue weighted by Crippen LogP contribution is 2.21. The molecular weight excluding hydrogens is 318 g/mol. The van der Waals surface area contributed by atoms with Gasteiger partial charge in [-0.05, 0) is 61.0 Å². The van der Waals surface area contributed by atoms with Crippen LogP contribution in [0.1, 0.15) is 23.0 Å². The van der Waals surface area contributed by atoms with Crippen LogP contribution < -0.4 is 14.9 Å². The maximum absolute atomic E-state index is 12.3. The Hall–Kier alpha value is -3.28. The van der Waals surface area contributed by atoms with Crippen LogP contribution in [0, 0.1) is 0 Å². The number of fused-ring (bicyclic) bond motifs is 1. The van der Waals surface area contributed by atoms with Gasteiger partial charge in [0.1, 0.15) is 17.2 Å². The Morgan fingerprint density at radius 3 is 2.36 bits per heavy atom. The third kappa shape index (κ3) is 3.63. The summed E-state index contributed by atoms with van der Waals surface area (Å²) in [6.07, 6.45) is 0. The first-order valence-corrected chi connectivity index (χ1v) is 7.76. The molecule has 0 aliphatic rings. The van der Waals surface area contributed by atoms with Crippen molar-refractivity contribution in [3.8, 4) is 11.5 Å². The van der Waals surface area contributed by atoms with E-state index in [0.29, 0.717) is 11.4 Å². The monoisotopic (exact) mass is 337 g/mol. The van der Waals surface area contributed by atoms with Crippen molar-refractivity contribution in [1.82, 2.24) is 10.4 Å². The van der Waals surface area contributed by atoms with Crippen molar-refractivity contribution in [2.75, 3.05) is 14.2 Å². The quantitative estimate of drug-likeness (QED) is 0.554. The van der Waals surface area contributed by atoms with Crippen LogP contribution in [-0.4, -0.2) is 30.8 Å². The highest BCUT2D eigenvalue weighted by atomic mass is 16.5. The molecule has 0 saturated heterocycles. The number of ether oxygens (including phenoxy) is 2. The third-order valence-corrected chi connectivity index (χ3v) is 3.91. The Morgan fingerprint density at radius 2 is 1.68 bits per heavy atom. The number of hydrogen-bond acceptors (Lipinski definition) is 4. The number of rotatable bonds is 5. The molecule has 3 aromatic rings. The van der Waals surface area contributed by atoms with E-state index in [-0.39, 0.29) is 5.91 Å². The molecular formula is C19H19N3O3. The number of benzene rings is 2. The third-order valence-electron chi connectivity index (χ3n) is 3.91. The molecule has 1 heterocycles. The van der Waals surface area contributed by atoms with Crippen LogP contribution in [0.15, 0.2) is 53.6 Å². The number of H-pyrrole nitrogens is 1. The fourth-order valence-electron chi connectivity index (χ4n) is 2.45. The lowest BCUT2D eigenvalue weighted by molar-refractivity contribution is 0.0950. The Labute approximate surface area is 145 Å². The lowest BCUT2D eigenvalue weighted by Crippen LogP contribution is -2.19. The van der Waals surface area contributed by atoms with E-state index in [9.17, 15) is 4.79 Å². The number of nitrogens with one attached hydrogen (secondary N) is 2. The molecule has 0 aliphatic heterocycles. The van der Waals surface area contributed by atoms with Crippen molar-refractivity contribution in [2.24, 2.45) is 5.10 Å². The maximum Gasteiger partial charge on any atom is 0.287 e. The molecule has 0 spiro atoms. The second kappa shape index (κ2) is 7.09. The topological polar surface area (TPSA) is 75.7 Å². The average molecular weight is 337 g/mol. The zero-order chi connectivity index (χ0) is 17.8. The number of methoxy groups -OCH3 is 2. The second-order valence-electron chi connectivity index (χ2n) is 5.50. The number of hydrogen-bond donors (Lipinski definition) is 2. The Morgan fingerprint density at radius 1 is 1.00 bits per heavy atom. The summed E-state index contributed by atoms with van der Waals surface area (Å²) >= 11 is 0. The standard InChI is InChI=1S/C19H19N3O3/c1-12(13-4-6-15(24-2)7-5-13)21-22-19(23)18-11-14-10-16(25-3)8-9-17(14)20-18/h4-11,20H,1-3H3,(H,22,23)/b21-12+. The summed E-state index contributed by atoms with van der Waals surface area (Å²) in [7, 11) is 3.23. The average Bonchev–Trinajstić information content (AvgIpc) is 3.09. The highest BCUT2D eigenvalue weighted by molar-refractivity contribution is 6.02. The Bertz CT molecular complexity index is 927. The number of carbonyl (C=O) groups excluding carboxylic acids is 1. The lowest BCUT2D eigenvalue weighted by atomic mass is 10.1. The predicted molar refractivity (Wildman–Crippen MR) is 97.5 cm³/mol. The molecule has 6 nitrogen and oxygen atoms in total. The lowest BCUT2D eigenvalue weighted by Gasteiger charge is -2.03. The first kappa shape index (κ1) is 16.6. The molecule has 0 bridgehead atoms. The number of hydrazone groups is 1. The summed E-state index contributed by atoms with van der Waals surface area (Å²) in [6.45, 7) is 1.83. The number of carbonyl (C=O) groups is 1. The molecule has 1 amide bonds. The molecule has 2 N–H and O–H groups in total. The SMILES string of the molecule is COc1ccc(/C(C)=N/NC(=O)c2cc3cc(OC)ccc3[nH]2)cc1. The van der Waals surface area contributed by atoms with Crippen LogP contribution in [0.25, 0.3) is 10.9 Å². The molecule has 3 rings (SSSR count). The van der Waals surface area contributed by atoms with E-state index in [0.717, 1.165) is 28.0 Å². The predicted octanol–water partition coefficient (Wildman–Crippen LogP) is 3.34. The fourth-order valence-corrected chi connectivity index (χ4v) is 2.45. The van der Waals surface area contributed by atoms with Gasteiger partial charge in [-0.3, -0.25) is 4.79 Å². The van der Waals surface area contributed by atoms with Gasteiger partial charge in [-0.25, -0.2) is 5.43 Å². The minimum absolute atomic E-state index is 0.303. The van der Waals surface area contributed by atoms with E-state index in [1.807, 2.05) is 49.4 Å². The van der Waals surface area contributed by atoms with Gasteiger partial charge in [-0.1, -0.05) is 0 Å². The second-order valence-corrected chi connectivity index (χ2v) is 5.50. The van der Waals surface area contributed by atoms with Gasteiger partial charge in [0.25, 0.3) is 5.91 Å². The van der Waals surface area contributed by atoms with E-state index in [2.05, 4.69) is 15.5 Å². The van der Waals surface area contributed by atoms with Gasteiger partial charge < -0.3 is 14.5 Å². The van der Waals surface area contributed by atoms with Crippen molar-refractivity contribution in [3.63, 3.8) is 0 Å². The van der Waals surface area contributed by atoms with Crippen LogP contribution in [-0.2, 0) is 0 Å². The Kier molecular flexibility index (Phi) is 4.70. The molecule has 0 atom stereocenters. The van der Waals surface area contributed by atoms with Crippen molar-refractivity contribution >= 4 is 22.5 Å². The molecule has 2 aromatic carbocycles. The number of amides is 1. The van der Waals surface area contributed by atoms with Gasteiger partial charge in [0, 0.05) is 10.9 Å². The van der Waals surface area contributed by atoms with Gasteiger partial charge in [-0.15, -0.1) is 0 Å².